The lowest BCUT2D eigenvalue weighted by molar-refractivity contribution is -0.123. The summed E-state index contributed by atoms with van der Waals surface area (Å²) in [7, 11) is 0. The predicted molar refractivity (Wildman–Crippen MR) is 104 cm³/mol. The highest BCUT2D eigenvalue weighted by molar-refractivity contribution is 7.12. The Kier molecular flexibility index (Phi) is 6.24. The molecule has 2 N–H and O–H groups in total. The second-order valence-electron chi connectivity index (χ2n) is 6.61. The quantitative estimate of drug-likeness (QED) is 0.768. The fourth-order valence-electron chi connectivity index (χ4n) is 3.08. The van der Waals surface area contributed by atoms with E-state index < -0.39 is 24.5 Å². The molecule has 0 atom stereocenters. The molecule has 7 heteroatoms. The molecule has 0 saturated heterocycles. The third-order valence-electron chi connectivity index (χ3n) is 4.49. The maximum atomic E-state index is 12.3. The molecule has 0 radical (unpaired) electrons. The molecule has 0 spiro atoms. The average molecular weight is 386 g/mol. The third kappa shape index (κ3) is 5.17. The van der Waals surface area contributed by atoms with Gasteiger partial charge in [0.2, 0.25) is 0 Å². The molecule has 3 rings (SSSR count). The maximum absolute atomic E-state index is 12.3. The first-order chi connectivity index (χ1) is 13.0. The van der Waals surface area contributed by atoms with Gasteiger partial charge in [-0.1, -0.05) is 42.7 Å². The summed E-state index contributed by atoms with van der Waals surface area (Å²) in [5.74, 6) is -1.22. The van der Waals surface area contributed by atoms with Crippen molar-refractivity contribution in [2.24, 2.45) is 0 Å². The maximum Gasteiger partial charge on any atom is 0.349 e. The molecular formula is C20H22N2O4S. The lowest BCUT2D eigenvalue weighted by Gasteiger charge is -2.12. The zero-order valence-electron chi connectivity index (χ0n) is 15.1. The second-order valence-corrected chi connectivity index (χ2v) is 7.52. The van der Waals surface area contributed by atoms with Gasteiger partial charge in [0, 0.05) is 11.6 Å². The van der Waals surface area contributed by atoms with Crippen LogP contribution in [0.25, 0.3) is 11.1 Å². The van der Waals surface area contributed by atoms with Gasteiger partial charge >= 0.3 is 12.0 Å². The molecule has 2 aromatic rings. The third-order valence-corrected chi connectivity index (χ3v) is 5.39. The van der Waals surface area contributed by atoms with Crippen LogP contribution in [-0.2, 0) is 9.53 Å². The summed E-state index contributed by atoms with van der Waals surface area (Å²) in [6.07, 6.45) is 4.02. The normalized spacial score (nSPS) is 14.0. The number of esters is 1. The largest absolute Gasteiger partial charge is 0.451 e. The number of amides is 3. The van der Waals surface area contributed by atoms with Crippen LogP contribution < -0.4 is 10.6 Å². The van der Waals surface area contributed by atoms with Gasteiger partial charge in [0.05, 0.1) is 0 Å². The first-order valence-electron chi connectivity index (χ1n) is 8.95. The number of carbonyl (C=O) groups is 3. The van der Waals surface area contributed by atoms with Crippen molar-refractivity contribution in [2.75, 3.05) is 6.61 Å². The summed E-state index contributed by atoms with van der Waals surface area (Å²) in [4.78, 5) is 36.4. The highest BCUT2D eigenvalue weighted by Gasteiger charge is 2.20. The monoisotopic (exact) mass is 386 g/mol. The molecule has 1 saturated carbocycles. The van der Waals surface area contributed by atoms with Crippen LogP contribution in [-0.4, -0.2) is 30.6 Å². The van der Waals surface area contributed by atoms with Gasteiger partial charge in [-0.05, 0) is 36.8 Å². The van der Waals surface area contributed by atoms with E-state index in [9.17, 15) is 14.4 Å². The lowest BCUT2D eigenvalue weighted by Crippen LogP contribution is -2.44. The van der Waals surface area contributed by atoms with Crippen molar-refractivity contribution in [3.63, 3.8) is 0 Å². The second kappa shape index (κ2) is 8.81. The van der Waals surface area contributed by atoms with Crippen LogP contribution >= 0.6 is 11.3 Å². The Morgan fingerprint density at radius 3 is 2.52 bits per heavy atom. The SMILES string of the molecule is Cc1ccc(-c2ccsc2C(=O)OCC(=O)NC(=O)NC2CCCC2)cc1. The first kappa shape index (κ1) is 19.1. The van der Waals surface area contributed by atoms with E-state index in [0.29, 0.717) is 4.88 Å². The minimum absolute atomic E-state index is 0.114. The zero-order valence-corrected chi connectivity index (χ0v) is 15.9. The van der Waals surface area contributed by atoms with Gasteiger partial charge in [-0.3, -0.25) is 10.1 Å². The van der Waals surface area contributed by atoms with Gasteiger partial charge in [-0.15, -0.1) is 11.3 Å². The number of hydrogen-bond acceptors (Lipinski definition) is 5. The molecule has 27 heavy (non-hydrogen) atoms. The van der Waals surface area contributed by atoms with Gasteiger partial charge in [-0.25, -0.2) is 9.59 Å². The molecule has 3 amide bonds. The van der Waals surface area contributed by atoms with Gasteiger partial charge in [0.15, 0.2) is 6.61 Å². The van der Waals surface area contributed by atoms with Gasteiger partial charge in [-0.2, -0.15) is 0 Å². The molecule has 0 bridgehead atoms. The van der Waals surface area contributed by atoms with Crippen molar-refractivity contribution in [3.05, 3.63) is 46.2 Å². The van der Waals surface area contributed by atoms with Gasteiger partial charge in [0.25, 0.3) is 5.91 Å². The topological polar surface area (TPSA) is 84.5 Å². The number of aryl methyl sites for hydroxylation is 1. The van der Waals surface area contributed by atoms with Crippen LogP contribution in [0.5, 0.6) is 0 Å². The molecule has 142 valence electrons. The van der Waals surface area contributed by atoms with E-state index in [2.05, 4.69) is 10.6 Å². The number of ether oxygens (including phenoxy) is 1. The molecule has 1 fully saturated rings. The van der Waals surface area contributed by atoms with Gasteiger partial charge in [0.1, 0.15) is 4.88 Å². The minimum Gasteiger partial charge on any atom is -0.451 e. The molecule has 1 aromatic carbocycles. The van der Waals surface area contributed by atoms with Crippen LogP contribution in [0.1, 0.15) is 40.9 Å². The summed E-state index contributed by atoms with van der Waals surface area (Å²) in [6, 6.07) is 9.24. The highest BCUT2D eigenvalue weighted by atomic mass is 32.1. The van der Waals surface area contributed by atoms with Crippen molar-refractivity contribution in [1.29, 1.82) is 0 Å². The van der Waals surface area contributed by atoms with Crippen LogP contribution in [0.3, 0.4) is 0 Å². The molecule has 0 unspecified atom stereocenters. The summed E-state index contributed by atoms with van der Waals surface area (Å²) < 4.78 is 5.08. The average Bonchev–Trinajstić information content (AvgIpc) is 3.32. The number of carbonyl (C=O) groups excluding carboxylic acids is 3. The van der Waals surface area contributed by atoms with Crippen LogP contribution in [0.15, 0.2) is 35.7 Å². The Bertz CT molecular complexity index is 823. The fraction of sp³-hybridized carbons (Fsp3) is 0.350. The number of benzene rings is 1. The van der Waals surface area contributed by atoms with E-state index in [-0.39, 0.29) is 6.04 Å². The first-order valence-corrected chi connectivity index (χ1v) is 9.83. The van der Waals surface area contributed by atoms with E-state index in [1.54, 1.807) is 5.38 Å². The Labute approximate surface area is 161 Å². The Balaban J connectivity index is 1.52. The lowest BCUT2D eigenvalue weighted by atomic mass is 10.1. The number of urea groups is 1. The Morgan fingerprint density at radius 1 is 1.11 bits per heavy atom. The van der Waals surface area contributed by atoms with Gasteiger partial charge < -0.3 is 10.1 Å². The number of rotatable bonds is 5. The highest BCUT2D eigenvalue weighted by Crippen LogP contribution is 2.29. The summed E-state index contributed by atoms with van der Waals surface area (Å²) in [6.45, 7) is 1.50. The summed E-state index contributed by atoms with van der Waals surface area (Å²) >= 11 is 1.26. The zero-order chi connectivity index (χ0) is 19.2. The van der Waals surface area contributed by atoms with Crippen molar-refractivity contribution < 1.29 is 19.1 Å². The summed E-state index contributed by atoms with van der Waals surface area (Å²) in [5.41, 5.74) is 2.81. The molecule has 1 aromatic heterocycles. The molecule has 0 aliphatic heterocycles. The van der Waals surface area contributed by atoms with E-state index in [0.717, 1.165) is 42.4 Å². The fourth-order valence-corrected chi connectivity index (χ4v) is 3.89. The standard InChI is InChI=1S/C20H22N2O4S/c1-13-6-8-14(9-7-13)16-10-11-27-18(16)19(24)26-12-17(23)22-20(25)21-15-4-2-3-5-15/h6-11,15H,2-5,12H2,1H3,(H2,21,22,23,25). The molecule has 1 aliphatic rings. The van der Waals surface area contributed by atoms with Crippen LogP contribution in [0.2, 0.25) is 0 Å². The van der Waals surface area contributed by atoms with Crippen LogP contribution in [0.4, 0.5) is 4.79 Å². The van der Waals surface area contributed by atoms with E-state index in [1.165, 1.54) is 11.3 Å². The molecule has 1 aliphatic carbocycles. The predicted octanol–water partition coefficient (Wildman–Crippen LogP) is 3.65. The van der Waals surface area contributed by atoms with E-state index >= 15 is 0 Å². The molecular weight excluding hydrogens is 364 g/mol. The number of thiophene rings is 1. The van der Waals surface area contributed by atoms with Crippen molar-refractivity contribution >= 4 is 29.2 Å². The number of hydrogen-bond donors (Lipinski definition) is 2. The van der Waals surface area contributed by atoms with Crippen LogP contribution in [0, 0.1) is 6.92 Å². The van der Waals surface area contributed by atoms with Crippen molar-refractivity contribution in [2.45, 2.75) is 38.6 Å². The minimum atomic E-state index is -0.646. The van der Waals surface area contributed by atoms with Crippen molar-refractivity contribution in [3.8, 4) is 11.1 Å². The molecule has 6 nitrogen and oxygen atoms in total. The summed E-state index contributed by atoms with van der Waals surface area (Å²) in [5, 5.41) is 6.75. The number of imide groups is 1. The Hall–Kier alpha value is -2.67. The smallest absolute Gasteiger partial charge is 0.349 e. The van der Waals surface area contributed by atoms with Crippen molar-refractivity contribution in [1.82, 2.24) is 10.6 Å². The molecule has 1 heterocycles. The van der Waals surface area contributed by atoms with E-state index in [1.807, 2.05) is 37.3 Å². The number of nitrogens with one attached hydrogen (secondary N) is 2. The Morgan fingerprint density at radius 2 is 1.81 bits per heavy atom. The van der Waals surface area contributed by atoms with E-state index in [4.69, 9.17) is 4.74 Å².